The van der Waals surface area contributed by atoms with E-state index in [1.165, 1.54) is 39.6 Å². The topological polar surface area (TPSA) is 64.6 Å². The fourth-order valence-corrected chi connectivity index (χ4v) is 2.58. The predicted octanol–water partition coefficient (Wildman–Crippen LogP) is 4.62. The molecular weight excluding hydrogens is 330 g/mol. The summed E-state index contributed by atoms with van der Waals surface area (Å²) in [5.74, 6) is -0.561. The first-order valence-corrected chi connectivity index (χ1v) is 9.30. The number of hydrogen-bond donors (Lipinski definition) is 1. The van der Waals surface area contributed by atoms with Gasteiger partial charge in [-0.1, -0.05) is 44.7 Å². The van der Waals surface area contributed by atoms with Crippen molar-refractivity contribution in [3.8, 4) is 0 Å². The molecule has 0 aromatic heterocycles. The molecule has 1 N–H and O–H groups in total. The smallest absolute Gasteiger partial charge is 0.332 e. The molecule has 0 bridgehead atoms. The van der Waals surface area contributed by atoms with Gasteiger partial charge >= 0.3 is 11.9 Å². The lowest BCUT2D eigenvalue weighted by Gasteiger charge is -2.12. The van der Waals surface area contributed by atoms with Crippen molar-refractivity contribution in [1.29, 1.82) is 0 Å². The number of aryl methyl sites for hydroxylation is 1. The van der Waals surface area contributed by atoms with E-state index in [0.717, 1.165) is 36.2 Å². The van der Waals surface area contributed by atoms with E-state index >= 15 is 0 Å². The second-order valence-corrected chi connectivity index (χ2v) is 6.26. The molecule has 0 unspecified atom stereocenters. The van der Waals surface area contributed by atoms with Gasteiger partial charge < -0.3 is 14.8 Å². The zero-order chi connectivity index (χ0) is 19.2. The van der Waals surface area contributed by atoms with Gasteiger partial charge in [-0.25, -0.2) is 4.79 Å². The number of carbonyl (C=O) groups is 2. The standard InChI is InChI=1S/C21H31NO4/c1-4-5-6-7-8-9-19(16-21(24)26-3)22-18-13-10-17(11-14-18)12-15-20(23)25-2/h10-11,13-14,16,22H,4-9,12,15H2,1-3H3/b19-16-. The highest BCUT2D eigenvalue weighted by molar-refractivity contribution is 5.83. The number of anilines is 1. The number of methoxy groups -OCH3 is 2. The normalized spacial score (nSPS) is 11.1. The van der Waals surface area contributed by atoms with Crippen LogP contribution in [0.3, 0.4) is 0 Å². The molecule has 0 amide bonds. The number of nitrogens with one attached hydrogen (secondary N) is 1. The molecule has 0 aliphatic carbocycles. The van der Waals surface area contributed by atoms with E-state index in [1.807, 2.05) is 24.3 Å². The van der Waals surface area contributed by atoms with Crippen LogP contribution in [0.2, 0.25) is 0 Å². The third-order valence-corrected chi connectivity index (χ3v) is 4.15. The average Bonchev–Trinajstić information content (AvgIpc) is 2.66. The highest BCUT2D eigenvalue weighted by Crippen LogP contribution is 2.17. The summed E-state index contributed by atoms with van der Waals surface area (Å²) in [6.07, 6.45) is 9.21. The Kier molecular flexibility index (Phi) is 10.9. The lowest BCUT2D eigenvalue weighted by molar-refractivity contribution is -0.140. The van der Waals surface area contributed by atoms with Gasteiger partial charge in [-0.05, 0) is 37.0 Å². The van der Waals surface area contributed by atoms with Crippen LogP contribution in [0.15, 0.2) is 36.0 Å². The molecule has 1 aromatic rings. The van der Waals surface area contributed by atoms with Crippen LogP contribution >= 0.6 is 0 Å². The van der Waals surface area contributed by atoms with Crippen LogP contribution in [0.1, 0.15) is 57.4 Å². The maximum atomic E-state index is 11.6. The number of unbranched alkanes of at least 4 members (excludes halogenated alkanes) is 4. The molecule has 0 heterocycles. The van der Waals surface area contributed by atoms with Crippen molar-refractivity contribution in [1.82, 2.24) is 0 Å². The molecule has 1 aromatic carbocycles. The lowest BCUT2D eigenvalue weighted by atomic mass is 10.1. The average molecular weight is 361 g/mol. The zero-order valence-corrected chi connectivity index (χ0v) is 16.2. The van der Waals surface area contributed by atoms with Crippen molar-refractivity contribution in [3.63, 3.8) is 0 Å². The SMILES string of the molecule is CCCCCCC/C(=C/C(=O)OC)Nc1ccc(CCC(=O)OC)cc1. The van der Waals surface area contributed by atoms with Gasteiger partial charge in [0, 0.05) is 23.9 Å². The second kappa shape index (κ2) is 13.0. The Morgan fingerprint density at radius 2 is 1.65 bits per heavy atom. The van der Waals surface area contributed by atoms with Crippen LogP contribution in [0, 0.1) is 0 Å². The Morgan fingerprint density at radius 3 is 2.27 bits per heavy atom. The first-order chi connectivity index (χ1) is 12.6. The number of allylic oxidation sites excluding steroid dienone is 1. The van der Waals surface area contributed by atoms with Gasteiger partial charge in [0.1, 0.15) is 0 Å². The Balaban J connectivity index is 2.61. The Hall–Kier alpha value is -2.30. The summed E-state index contributed by atoms with van der Waals surface area (Å²) in [6, 6.07) is 7.86. The van der Waals surface area contributed by atoms with E-state index in [0.29, 0.717) is 12.8 Å². The Labute approximate surface area is 156 Å². The van der Waals surface area contributed by atoms with Gasteiger partial charge in [-0.3, -0.25) is 4.79 Å². The number of rotatable bonds is 12. The molecule has 0 atom stereocenters. The minimum absolute atomic E-state index is 0.210. The molecule has 0 fully saturated rings. The van der Waals surface area contributed by atoms with Crippen molar-refractivity contribution in [2.24, 2.45) is 0 Å². The quantitative estimate of drug-likeness (QED) is 0.334. The lowest BCUT2D eigenvalue weighted by Crippen LogP contribution is -2.05. The van der Waals surface area contributed by atoms with Gasteiger partial charge in [0.05, 0.1) is 14.2 Å². The summed E-state index contributed by atoms with van der Waals surface area (Å²) in [4.78, 5) is 22.8. The van der Waals surface area contributed by atoms with Crippen LogP contribution in [-0.2, 0) is 25.5 Å². The van der Waals surface area contributed by atoms with Crippen LogP contribution in [-0.4, -0.2) is 26.2 Å². The molecule has 0 aliphatic rings. The van der Waals surface area contributed by atoms with Gasteiger partial charge in [0.2, 0.25) is 0 Å². The maximum Gasteiger partial charge on any atom is 0.332 e. The molecule has 0 radical (unpaired) electrons. The summed E-state index contributed by atoms with van der Waals surface area (Å²) in [5, 5.41) is 3.31. The summed E-state index contributed by atoms with van der Waals surface area (Å²) in [6.45, 7) is 2.19. The molecule has 144 valence electrons. The third kappa shape index (κ3) is 9.25. The Morgan fingerprint density at radius 1 is 0.962 bits per heavy atom. The largest absolute Gasteiger partial charge is 0.469 e. The van der Waals surface area contributed by atoms with Crippen LogP contribution in [0.4, 0.5) is 5.69 Å². The van der Waals surface area contributed by atoms with E-state index in [9.17, 15) is 9.59 Å². The fraction of sp³-hybridized carbons (Fsp3) is 0.524. The number of esters is 2. The predicted molar refractivity (Wildman–Crippen MR) is 104 cm³/mol. The second-order valence-electron chi connectivity index (χ2n) is 6.26. The third-order valence-electron chi connectivity index (χ3n) is 4.15. The highest BCUT2D eigenvalue weighted by atomic mass is 16.5. The highest BCUT2D eigenvalue weighted by Gasteiger charge is 2.05. The van der Waals surface area contributed by atoms with E-state index in [1.54, 1.807) is 0 Å². The minimum atomic E-state index is -0.351. The number of hydrogen-bond acceptors (Lipinski definition) is 5. The van der Waals surface area contributed by atoms with Gasteiger partial charge in [0.25, 0.3) is 0 Å². The van der Waals surface area contributed by atoms with Crippen molar-refractivity contribution in [3.05, 3.63) is 41.6 Å². The molecule has 5 nitrogen and oxygen atoms in total. The summed E-state index contributed by atoms with van der Waals surface area (Å²) in [7, 11) is 2.78. The Bertz CT molecular complexity index is 578. The van der Waals surface area contributed by atoms with E-state index in [4.69, 9.17) is 4.74 Å². The van der Waals surface area contributed by atoms with Crippen molar-refractivity contribution < 1.29 is 19.1 Å². The van der Waals surface area contributed by atoms with E-state index in [2.05, 4.69) is 17.0 Å². The van der Waals surface area contributed by atoms with Crippen LogP contribution in [0.25, 0.3) is 0 Å². The summed E-state index contributed by atoms with van der Waals surface area (Å²) < 4.78 is 9.40. The number of ether oxygens (including phenoxy) is 2. The molecule has 0 saturated carbocycles. The van der Waals surface area contributed by atoms with E-state index in [-0.39, 0.29) is 11.9 Å². The van der Waals surface area contributed by atoms with Crippen molar-refractivity contribution >= 4 is 17.6 Å². The summed E-state index contributed by atoms with van der Waals surface area (Å²) in [5.41, 5.74) is 2.84. The molecule has 1 rings (SSSR count). The number of benzene rings is 1. The van der Waals surface area contributed by atoms with Gasteiger partial charge in [-0.15, -0.1) is 0 Å². The maximum absolute atomic E-state index is 11.6. The number of carbonyl (C=O) groups excluding carboxylic acids is 2. The minimum Gasteiger partial charge on any atom is -0.469 e. The first kappa shape index (κ1) is 21.7. The van der Waals surface area contributed by atoms with Gasteiger partial charge in [0.15, 0.2) is 0 Å². The van der Waals surface area contributed by atoms with Crippen molar-refractivity contribution in [2.75, 3.05) is 19.5 Å². The first-order valence-electron chi connectivity index (χ1n) is 9.30. The van der Waals surface area contributed by atoms with Crippen molar-refractivity contribution in [2.45, 2.75) is 58.3 Å². The van der Waals surface area contributed by atoms with E-state index < -0.39 is 0 Å². The zero-order valence-electron chi connectivity index (χ0n) is 16.2. The van der Waals surface area contributed by atoms with Crippen LogP contribution in [0.5, 0.6) is 0 Å². The molecular formula is C21H31NO4. The van der Waals surface area contributed by atoms with Crippen LogP contribution < -0.4 is 5.32 Å². The molecule has 26 heavy (non-hydrogen) atoms. The summed E-state index contributed by atoms with van der Waals surface area (Å²) >= 11 is 0. The molecule has 0 aliphatic heterocycles. The molecule has 0 spiro atoms. The molecule has 5 heteroatoms. The van der Waals surface area contributed by atoms with Gasteiger partial charge in [-0.2, -0.15) is 0 Å². The monoisotopic (exact) mass is 361 g/mol. The molecule has 0 saturated heterocycles. The fourth-order valence-electron chi connectivity index (χ4n) is 2.58.